The van der Waals surface area contributed by atoms with Crippen molar-refractivity contribution in [2.75, 3.05) is 6.61 Å². The summed E-state index contributed by atoms with van der Waals surface area (Å²) in [5.41, 5.74) is 6.83. The van der Waals surface area contributed by atoms with Gasteiger partial charge in [-0.3, -0.25) is 4.79 Å². The van der Waals surface area contributed by atoms with E-state index in [1.54, 1.807) is 26.0 Å². The molecule has 0 radical (unpaired) electrons. The van der Waals surface area contributed by atoms with Crippen molar-refractivity contribution >= 4 is 18.1 Å². The fourth-order valence-corrected chi connectivity index (χ4v) is 2.75. The first-order chi connectivity index (χ1) is 12.6. The lowest BCUT2D eigenvalue weighted by Crippen LogP contribution is -2.18. The number of nitrogens with one attached hydrogen (secondary N) is 2. The Morgan fingerprint density at radius 2 is 1.81 bits per heavy atom. The predicted molar refractivity (Wildman–Crippen MR) is 106 cm³/mol. The highest BCUT2D eigenvalue weighted by Crippen LogP contribution is 2.22. The molecule has 6 nitrogen and oxygen atoms in total. The standard InChI is InChI=1S/C21H27N3O3/c1-7-27-20(26)18-13(2)17(23-14(18)3)12-22-24-19(25)15-8-10-16(11-9-15)21(4,5)6/h8-12,23H,7H2,1-6H3,(H,24,25)/b22-12+. The van der Waals surface area contributed by atoms with Crippen LogP contribution in [0.3, 0.4) is 0 Å². The number of ether oxygens (including phenoxy) is 1. The first-order valence-electron chi connectivity index (χ1n) is 8.95. The summed E-state index contributed by atoms with van der Waals surface area (Å²) in [5, 5.41) is 4.00. The summed E-state index contributed by atoms with van der Waals surface area (Å²) in [6.45, 7) is 12.1. The van der Waals surface area contributed by atoms with E-state index in [1.807, 2.05) is 19.1 Å². The number of carbonyl (C=O) groups is 2. The Morgan fingerprint density at radius 3 is 2.37 bits per heavy atom. The molecule has 0 saturated carbocycles. The molecule has 0 unspecified atom stereocenters. The van der Waals surface area contributed by atoms with Crippen LogP contribution < -0.4 is 5.43 Å². The average molecular weight is 369 g/mol. The zero-order valence-electron chi connectivity index (χ0n) is 16.8. The van der Waals surface area contributed by atoms with Crippen LogP contribution in [0, 0.1) is 13.8 Å². The highest BCUT2D eigenvalue weighted by molar-refractivity contribution is 5.97. The maximum atomic E-state index is 12.2. The largest absolute Gasteiger partial charge is 0.462 e. The van der Waals surface area contributed by atoms with Gasteiger partial charge in [0.15, 0.2) is 0 Å². The summed E-state index contributed by atoms with van der Waals surface area (Å²) < 4.78 is 5.06. The second-order valence-corrected chi connectivity index (χ2v) is 7.41. The van der Waals surface area contributed by atoms with E-state index in [2.05, 4.69) is 36.3 Å². The normalized spacial score (nSPS) is 11.6. The molecular weight excluding hydrogens is 342 g/mol. The third-order valence-electron chi connectivity index (χ3n) is 4.33. The van der Waals surface area contributed by atoms with Gasteiger partial charge in [-0.2, -0.15) is 5.10 Å². The number of esters is 1. The molecule has 1 heterocycles. The van der Waals surface area contributed by atoms with Gasteiger partial charge in [0.1, 0.15) is 0 Å². The van der Waals surface area contributed by atoms with Crippen LogP contribution in [0.25, 0.3) is 0 Å². The maximum Gasteiger partial charge on any atom is 0.340 e. The number of rotatable bonds is 5. The van der Waals surface area contributed by atoms with Crippen molar-refractivity contribution in [1.82, 2.24) is 10.4 Å². The Balaban J connectivity index is 2.08. The number of carbonyl (C=O) groups excluding carboxylic acids is 2. The van der Waals surface area contributed by atoms with Crippen molar-refractivity contribution in [2.24, 2.45) is 5.10 Å². The first kappa shape index (κ1) is 20.4. The summed E-state index contributed by atoms with van der Waals surface area (Å²) in [4.78, 5) is 27.3. The monoisotopic (exact) mass is 369 g/mol. The highest BCUT2D eigenvalue weighted by Gasteiger charge is 2.18. The third kappa shape index (κ3) is 4.84. The molecule has 6 heteroatoms. The quantitative estimate of drug-likeness (QED) is 0.477. The molecule has 144 valence electrons. The van der Waals surface area contributed by atoms with Crippen LogP contribution in [0.2, 0.25) is 0 Å². The number of hydrazone groups is 1. The smallest absolute Gasteiger partial charge is 0.340 e. The van der Waals surface area contributed by atoms with Crippen molar-refractivity contribution in [3.05, 3.63) is 57.9 Å². The fraction of sp³-hybridized carbons (Fsp3) is 0.381. The molecule has 1 aromatic carbocycles. The van der Waals surface area contributed by atoms with E-state index in [0.717, 1.165) is 11.1 Å². The van der Waals surface area contributed by atoms with Crippen LogP contribution >= 0.6 is 0 Å². The number of hydrogen-bond donors (Lipinski definition) is 2. The second kappa shape index (κ2) is 8.20. The van der Waals surface area contributed by atoms with Crippen LogP contribution in [0.1, 0.15) is 70.9 Å². The highest BCUT2D eigenvalue weighted by atomic mass is 16.5. The second-order valence-electron chi connectivity index (χ2n) is 7.41. The minimum absolute atomic E-state index is 0.0345. The summed E-state index contributed by atoms with van der Waals surface area (Å²) in [5.74, 6) is -0.662. The number of nitrogens with zero attached hydrogens (tertiary/aromatic N) is 1. The SMILES string of the molecule is CCOC(=O)c1c(C)[nH]c(/C=N/NC(=O)c2ccc(C(C)(C)C)cc2)c1C. The maximum absolute atomic E-state index is 12.2. The van der Waals surface area contributed by atoms with E-state index >= 15 is 0 Å². The molecule has 2 rings (SSSR count). The molecular formula is C21H27N3O3. The van der Waals surface area contributed by atoms with Gasteiger partial charge < -0.3 is 9.72 Å². The van der Waals surface area contributed by atoms with E-state index in [4.69, 9.17) is 4.74 Å². The van der Waals surface area contributed by atoms with Gasteiger partial charge in [-0.15, -0.1) is 0 Å². The van der Waals surface area contributed by atoms with Crippen LogP contribution in [-0.4, -0.2) is 29.7 Å². The molecule has 1 aromatic heterocycles. The molecule has 1 amide bonds. The van der Waals surface area contributed by atoms with Crippen LogP contribution in [0.15, 0.2) is 29.4 Å². The summed E-state index contributed by atoms with van der Waals surface area (Å²) in [6.07, 6.45) is 1.49. The summed E-state index contributed by atoms with van der Waals surface area (Å²) >= 11 is 0. The van der Waals surface area contributed by atoms with Crippen LogP contribution in [0.5, 0.6) is 0 Å². The lowest BCUT2D eigenvalue weighted by atomic mass is 9.87. The Labute approximate surface area is 160 Å². The molecule has 0 spiro atoms. The van der Waals surface area contributed by atoms with Gasteiger partial charge >= 0.3 is 5.97 Å². The first-order valence-corrected chi connectivity index (χ1v) is 8.95. The molecule has 2 aromatic rings. The fourth-order valence-electron chi connectivity index (χ4n) is 2.75. The lowest BCUT2D eigenvalue weighted by Gasteiger charge is -2.18. The van der Waals surface area contributed by atoms with Gasteiger partial charge in [0, 0.05) is 11.3 Å². The molecule has 0 aliphatic heterocycles. The molecule has 27 heavy (non-hydrogen) atoms. The van der Waals surface area contributed by atoms with E-state index in [1.165, 1.54) is 6.21 Å². The Hall–Kier alpha value is -2.89. The van der Waals surface area contributed by atoms with Gasteiger partial charge in [-0.25, -0.2) is 10.2 Å². The minimum Gasteiger partial charge on any atom is -0.462 e. The zero-order valence-corrected chi connectivity index (χ0v) is 16.8. The summed E-state index contributed by atoms with van der Waals surface area (Å²) in [7, 11) is 0. The van der Waals surface area contributed by atoms with Crippen molar-refractivity contribution < 1.29 is 14.3 Å². The molecule has 0 bridgehead atoms. The molecule has 0 atom stereocenters. The molecule has 0 aliphatic rings. The number of benzene rings is 1. The van der Waals surface area contributed by atoms with Crippen molar-refractivity contribution in [3.63, 3.8) is 0 Å². The van der Waals surface area contributed by atoms with E-state index in [0.29, 0.717) is 29.1 Å². The summed E-state index contributed by atoms with van der Waals surface area (Å²) in [6, 6.07) is 7.47. The molecule has 0 aliphatic carbocycles. The number of aryl methyl sites for hydroxylation is 1. The number of aromatic amines is 1. The molecule has 0 fully saturated rings. The molecule has 0 saturated heterocycles. The Bertz CT molecular complexity index is 856. The topological polar surface area (TPSA) is 83.6 Å². The third-order valence-corrected chi connectivity index (χ3v) is 4.33. The van der Waals surface area contributed by atoms with E-state index in [9.17, 15) is 9.59 Å². The van der Waals surface area contributed by atoms with Gasteiger partial charge in [-0.1, -0.05) is 32.9 Å². The van der Waals surface area contributed by atoms with Gasteiger partial charge in [-0.05, 0) is 49.4 Å². The van der Waals surface area contributed by atoms with Crippen LogP contribution in [0.4, 0.5) is 0 Å². The van der Waals surface area contributed by atoms with Crippen molar-refractivity contribution in [3.8, 4) is 0 Å². The van der Waals surface area contributed by atoms with E-state index < -0.39 is 0 Å². The van der Waals surface area contributed by atoms with E-state index in [-0.39, 0.29) is 17.3 Å². The average Bonchev–Trinajstić information content (AvgIpc) is 2.88. The number of H-pyrrole nitrogens is 1. The van der Waals surface area contributed by atoms with Crippen molar-refractivity contribution in [1.29, 1.82) is 0 Å². The number of aromatic nitrogens is 1. The van der Waals surface area contributed by atoms with Gasteiger partial charge in [0.2, 0.25) is 0 Å². The lowest BCUT2D eigenvalue weighted by molar-refractivity contribution is 0.0525. The minimum atomic E-state index is -0.369. The Morgan fingerprint density at radius 1 is 1.19 bits per heavy atom. The number of hydrogen-bond acceptors (Lipinski definition) is 4. The zero-order chi connectivity index (χ0) is 20.2. The van der Waals surface area contributed by atoms with Gasteiger partial charge in [0.25, 0.3) is 5.91 Å². The Kier molecular flexibility index (Phi) is 6.20. The van der Waals surface area contributed by atoms with Gasteiger partial charge in [0.05, 0.1) is 24.1 Å². The predicted octanol–water partition coefficient (Wildman–Crippen LogP) is 3.87. The molecule has 2 N–H and O–H groups in total. The number of amides is 1. The van der Waals surface area contributed by atoms with Crippen molar-refractivity contribution in [2.45, 2.75) is 47.0 Å². The van der Waals surface area contributed by atoms with Crippen LogP contribution in [-0.2, 0) is 10.2 Å².